The highest BCUT2D eigenvalue weighted by atomic mass is 16.4. The number of aryl methyl sites for hydroxylation is 1. The van der Waals surface area contributed by atoms with Crippen LogP contribution >= 0.6 is 0 Å². The van der Waals surface area contributed by atoms with Gasteiger partial charge in [-0.3, -0.25) is 4.79 Å². The maximum Gasteiger partial charge on any atom is 0.234 e. The lowest BCUT2D eigenvalue weighted by atomic mass is 10.1. The fourth-order valence-corrected chi connectivity index (χ4v) is 1.74. The second kappa shape index (κ2) is 4.67. The number of carbonyl (C=O) groups is 1. The fraction of sp³-hybridized carbons (Fsp3) is 0.545. The highest BCUT2D eigenvalue weighted by molar-refractivity contribution is 6.09. The summed E-state index contributed by atoms with van der Waals surface area (Å²) in [5.41, 5.74) is 4.67. The normalized spacial score (nSPS) is 17.5. The smallest absolute Gasteiger partial charge is 0.234 e. The Hall–Kier alpha value is -2.05. The van der Waals surface area contributed by atoms with Gasteiger partial charge in [-0.25, -0.2) is 4.98 Å². The molecule has 1 amide bonds. The number of hydrogen-bond donors (Lipinski definition) is 3. The van der Waals surface area contributed by atoms with Gasteiger partial charge in [-0.05, 0) is 12.8 Å². The van der Waals surface area contributed by atoms with Crippen LogP contribution in [0, 0.1) is 5.41 Å². The summed E-state index contributed by atoms with van der Waals surface area (Å²) in [6.07, 6.45) is 3.59. The molecule has 2 rings (SSSR count). The number of rotatable bonds is 5. The minimum absolute atomic E-state index is 0.0401. The van der Waals surface area contributed by atoms with Gasteiger partial charge in [-0.15, -0.1) is 0 Å². The van der Waals surface area contributed by atoms with E-state index in [0.29, 0.717) is 18.7 Å². The molecule has 18 heavy (non-hydrogen) atoms. The van der Waals surface area contributed by atoms with Crippen LogP contribution in [0.1, 0.15) is 31.4 Å². The Balaban J connectivity index is 1.93. The number of nitrogens with two attached hydrogens (primary N) is 1. The molecule has 7 nitrogen and oxygen atoms in total. The molecule has 1 heterocycles. The second-order valence-electron chi connectivity index (χ2n) is 4.32. The summed E-state index contributed by atoms with van der Waals surface area (Å²) in [5, 5.41) is 14.2. The predicted molar refractivity (Wildman–Crippen MR) is 62.8 cm³/mol. The fourth-order valence-electron chi connectivity index (χ4n) is 1.74. The molecule has 7 heteroatoms. The molecule has 98 valence electrons. The van der Waals surface area contributed by atoms with E-state index in [1.165, 1.54) is 0 Å². The maximum absolute atomic E-state index is 11.9. The minimum Gasteiger partial charge on any atom is -0.444 e. The Bertz CT molecular complexity index is 476. The van der Waals surface area contributed by atoms with Crippen molar-refractivity contribution in [3.8, 4) is 0 Å². The van der Waals surface area contributed by atoms with Crippen LogP contribution < -0.4 is 11.1 Å². The lowest BCUT2D eigenvalue weighted by Crippen LogP contribution is -2.40. The van der Waals surface area contributed by atoms with Crippen LogP contribution in [0.25, 0.3) is 0 Å². The molecular formula is C11H16N4O3. The monoisotopic (exact) mass is 252 g/mol. The average Bonchev–Trinajstić information content (AvgIpc) is 3.08. The number of amidine groups is 1. The van der Waals surface area contributed by atoms with E-state index < -0.39 is 5.41 Å². The third-order valence-electron chi connectivity index (χ3n) is 3.13. The summed E-state index contributed by atoms with van der Waals surface area (Å²) in [4.78, 5) is 16.0. The van der Waals surface area contributed by atoms with E-state index >= 15 is 0 Å². The van der Waals surface area contributed by atoms with Crippen molar-refractivity contribution in [3.05, 3.63) is 17.8 Å². The molecule has 1 aromatic rings. The van der Waals surface area contributed by atoms with Gasteiger partial charge in [0.15, 0.2) is 5.84 Å². The Morgan fingerprint density at radius 2 is 2.44 bits per heavy atom. The van der Waals surface area contributed by atoms with Crippen molar-refractivity contribution in [1.29, 1.82) is 0 Å². The van der Waals surface area contributed by atoms with E-state index in [2.05, 4.69) is 15.5 Å². The third-order valence-corrected chi connectivity index (χ3v) is 3.13. The van der Waals surface area contributed by atoms with Crippen molar-refractivity contribution in [2.75, 3.05) is 0 Å². The van der Waals surface area contributed by atoms with Gasteiger partial charge < -0.3 is 20.7 Å². The maximum atomic E-state index is 11.9. The molecule has 0 bridgehead atoms. The molecule has 0 unspecified atom stereocenters. The molecular weight excluding hydrogens is 236 g/mol. The summed E-state index contributed by atoms with van der Waals surface area (Å²) >= 11 is 0. The van der Waals surface area contributed by atoms with Crippen LogP contribution in [0.3, 0.4) is 0 Å². The van der Waals surface area contributed by atoms with Gasteiger partial charge in [-0.1, -0.05) is 12.1 Å². The van der Waals surface area contributed by atoms with Crippen LogP contribution in [0.15, 0.2) is 15.8 Å². The zero-order valence-corrected chi connectivity index (χ0v) is 10.1. The van der Waals surface area contributed by atoms with Gasteiger partial charge in [0, 0.05) is 6.42 Å². The molecule has 0 spiro atoms. The number of nitrogens with zero attached hydrogens (tertiary/aromatic N) is 2. The molecule has 4 N–H and O–H groups in total. The summed E-state index contributed by atoms with van der Waals surface area (Å²) < 4.78 is 5.37. The van der Waals surface area contributed by atoms with E-state index in [1.807, 2.05) is 6.92 Å². The molecule has 0 saturated heterocycles. The zero-order valence-electron chi connectivity index (χ0n) is 10.1. The number of hydrogen-bond acceptors (Lipinski definition) is 5. The van der Waals surface area contributed by atoms with E-state index in [0.717, 1.165) is 12.2 Å². The Kier molecular flexibility index (Phi) is 3.22. The summed E-state index contributed by atoms with van der Waals surface area (Å²) in [6, 6.07) is 0. The Morgan fingerprint density at radius 1 is 1.72 bits per heavy atom. The van der Waals surface area contributed by atoms with Crippen molar-refractivity contribution in [2.45, 2.75) is 32.7 Å². The molecule has 1 saturated carbocycles. The first-order valence-corrected chi connectivity index (χ1v) is 5.82. The molecule has 0 radical (unpaired) electrons. The van der Waals surface area contributed by atoms with E-state index in [4.69, 9.17) is 15.4 Å². The SMILES string of the molecule is CCc1cnc(CNC(=O)C2(C(N)=NO)CC2)o1. The Labute approximate surface area is 104 Å². The third kappa shape index (κ3) is 2.15. The number of nitrogens with one attached hydrogen (secondary N) is 1. The molecule has 1 aromatic heterocycles. The molecule has 1 aliphatic rings. The first-order chi connectivity index (χ1) is 8.62. The highest BCUT2D eigenvalue weighted by Gasteiger charge is 2.54. The van der Waals surface area contributed by atoms with Gasteiger partial charge in [0.1, 0.15) is 11.2 Å². The summed E-state index contributed by atoms with van der Waals surface area (Å²) in [5.74, 6) is 0.933. The van der Waals surface area contributed by atoms with Crippen molar-refractivity contribution in [1.82, 2.24) is 10.3 Å². The first kappa shape index (κ1) is 12.4. The number of carbonyl (C=O) groups excluding carboxylic acids is 1. The number of oxime groups is 1. The van der Waals surface area contributed by atoms with Gasteiger partial charge >= 0.3 is 0 Å². The van der Waals surface area contributed by atoms with E-state index in [9.17, 15) is 4.79 Å². The van der Waals surface area contributed by atoms with E-state index in [1.54, 1.807) is 6.20 Å². The van der Waals surface area contributed by atoms with Crippen LogP contribution in [-0.2, 0) is 17.8 Å². The molecule has 1 fully saturated rings. The van der Waals surface area contributed by atoms with Crippen molar-refractivity contribution in [3.63, 3.8) is 0 Å². The van der Waals surface area contributed by atoms with Crippen LogP contribution in [-0.4, -0.2) is 21.9 Å². The second-order valence-corrected chi connectivity index (χ2v) is 4.32. The number of oxazole rings is 1. The lowest BCUT2D eigenvalue weighted by molar-refractivity contribution is -0.124. The van der Waals surface area contributed by atoms with E-state index in [-0.39, 0.29) is 18.3 Å². The molecule has 0 atom stereocenters. The van der Waals surface area contributed by atoms with Gasteiger partial charge in [-0.2, -0.15) is 0 Å². The topological polar surface area (TPSA) is 114 Å². The standard InChI is InChI=1S/C11H16N4O3/c1-2-7-5-13-8(18-7)6-14-10(16)11(3-4-11)9(12)15-17/h5,17H,2-4,6H2,1H3,(H2,12,15)(H,14,16). The number of aromatic nitrogens is 1. The summed E-state index contributed by atoms with van der Waals surface area (Å²) in [6.45, 7) is 2.17. The molecule has 0 aliphatic heterocycles. The van der Waals surface area contributed by atoms with Crippen LogP contribution in [0.5, 0.6) is 0 Å². The first-order valence-electron chi connectivity index (χ1n) is 5.82. The minimum atomic E-state index is -0.838. The quantitative estimate of drug-likeness (QED) is 0.303. The van der Waals surface area contributed by atoms with Gasteiger partial charge in [0.25, 0.3) is 0 Å². The van der Waals surface area contributed by atoms with Gasteiger partial charge in [0.05, 0.1) is 12.7 Å². The van der Waals surface area contributed by atoms with Crippen molar-refractivity contribution in [2.24, 2.45) is 16.3 Å². The highest BCUT2D eigenvalue weighted by Crippen LogP contribution is 2.46. The van der Waals surface area contributed by atoms with Crippen molar-refractivity contribution >= 4 is 11.7 Å². The van der Waals surface area contributed by atoms with Gasteiger partial charge in [0.2, 0.25) is 11.8 Å². The molecule has 0 aromatic carbocycles. The summed E-state index contributed by atoms with van der Waals surface area (Å²) in [7, 11) is 0. The van der Waals surface area contributed by atoms with Crippen LogP contribution in [0.2, 0.25) is 0 Å². The predicted octanol–water partition coefficient (Wildman–Crippen LogP) is 0.380. The van der Waals surface area contributed by atoms with Crippen LogP contribution in [0.4, 0.5) is 0 Å². The average molecular weight is 252 g/mol. The Morgan fingerprint density at radius 3 is 2.94 bits per heavy atom. The molecule has 1 aliphatic carbocycles. The zero-order chi connectivity index (χ0) is 13.2. The largest absolute Gasteiger partial charge is 0.444 e. The number of amides is 1. The van der Waals surface area contributed by atoms with Crippen molar-refractivity contribution < 1.29 is 14.4 Å². The lowest BCUT2D eigenvalue weighted by Gasteiger charge is -2.12.